The number of fused-ring (bicyclic) bond motifs is 1. The zero-order valence-electron chi connectivity index (χ0n) is 8.53. The first-order valence-electron chi connectivity index (χ1n) is 5.14. The van der Waals surface area contributed by atoms with Gasteiger partial charge in [-0.25, -0.2) is 4.98 Å². The van der Waals surface area contributed by atoms with Crippen LogP contribution in [0.25, 0.3) is 10.2 Å². The summed E-state index contributed by atoms with van der Waals surface area (Å²) < 4.78 is 1.15. The van der Waals surface area contributed by atoms with E-state index in [-0.39, 0.29) is 0 Å². The Hall–Kier alpha value is -1.29. The normalized spacial score (nSPS) is 24.3. The fourth-order valence-corrected chi connectivity index (χ4v) is 2.49. The lowest BCUT2D eigenvalue weighted by atomic mass is 10.2. The maximum absolute atomic E-state index is 6.07. The SMILES string of the molecule is CC1CC1Nc1ccc2scnc2c1N. The molecule has 15 heavy (non-hydrogen) atoms. The van der Waals surface area contributed by atoms with E-state index in [2.05, 4.69) is 29.4 Å². The number of rotatable bonds is 2. The van der Waals surface area contributed by atoms with Gasteiger partial charge in [-0.1, -0.05) is 6.92 Å². The monoisotopic (exact) mass is 219 g/mol. The Labute approximate surface area is 92.3 Å². The lowest BCUT2D eigenvalue weighted by Crippen LogP contribution is -2.06. The highest BCUT2D eigenvalue weighted by Gasteiger charge is 2.32. The number of nitrogens with zero attached hydrogens (tertiary/aromatic N) is 1. The van der Waals surface area contributed by atoms with Crippen LogP contribution in [0.2, 0.25) is 0 Å². The zero-order chi connectivity index (χ0) is 10.4. The van der Waals surface area contributed by atoms with E-state index in [1.54, 1.807) is 11.3 Å². The third kappa shape index (κ3) is 1.45. The van der Waals surface area contributed by atoms with Crippen molar-refractivity contribution in [1.82, 2.24) is 4.98 Å². The van der Waals surface area contributed by atoms with Crippen LogP contribution in [-0.2, 0) is 0 Å². The molecule has 2 aromatic rings. The molecule has 78 valence electrons. The molecule has 2 unspecified atom stereocenters. The predicted octanol–water partition coefficient (Wildman–Crippen LogP) is 2.70. The number of benzene rings is 1. The summed E-state index contributed by atoms with van der Waals surface area (Å²) in [6.45, 7) is 2.25. The Bertz CT molecular complexity index is 506. The average molecular weight is 219 g/mol. The number of hydrogen-bond acceptors (Lipinski definition) is 4. The quantitative estimate of drug-likeness (QED) is 0.763. The van der Waals surface area contributed by atoms with E-state index in [4.69, 9.17) is 5.73 Å². The van der Waals surface area contributed by atoms with Crippen LogP contribution in [0.3, 0.4) is 0 Å². The van der Waals surface area contributed by atoms with Gasteiger partial charge in [0.25, 0.3) is 0 Å². The van der Waals surface area contributed by atoms with Gasteiger partial charge in [0.2, 0.25) is 0 Å². The lowest BCUT2D eigenvalue weighted by molar-refractivity contribution is 0.930. The molecule has 3 nitrogen and oxygen atoms in total. The van der Waals surface area contributed by atoms with Crippen LogP contribution in [0.5, 0.6) is 0 Å². The summed E-state index contributed by atoms with van der Waals surface area (Å²) in [6.07, 6.45) is 1.24. The number of nitrogen functional groups attached to an aromatic ring is 1. The zero-order valence-corrected chi connectivity index (χ0v) is 9.34. The van der Waals surface area contributed by atoms with E-state index >= 15 is 0 Å². The molecule has 0 amide bonds. The first-order valence-corrected chi connectivity index (χ1v) is 6.02. The predicted molar refractivity (Wildman–Crippen MR) is 65.2 cm³/mol. The van der Waals surface area contributed by atoms with Crippen molar-refractivity contribution in [2.45, 2.75) is 19.4 Å². The molecule has 1 aromatic heterocycles. The molecule has 1 fully saturated rings. The maximum Gasteiger partial charge on any atom is 0.106 e. The third-order valence-corrected chi connectivity index (χ3v) is 3.79. The minimum Gasteiger partial charge on any atom is -0.395 e. The second-order valence-corrected chi connectivity index (χ2v) is 5.08. The molecule has 3 N–H and O–H groups in total. The fraction of sp³-hybridized carbons (Fsp3) is 0.364. The van der Waals surface area contributed by atoms with E-state index in [0.29, 0.717) is 6.04 Å². The van der Waals surface area contributed by atoms with Crippen molar-refractivity contribution in [3.8, 4) is 0 Å². The minimum atomic E-state index is 0.600. The van der Waals surface area contributed by atoms with Crippen LogP contribution < -0.4 is 11.1 Å². The molecular formula is C11H13N3S. The Morgan fingerprint density at radius 1 is 1.53 bits per heavy atom. The molecule has 1 aromatic carbocycles. The van der Waals surface area contributed by atoms with Gasteiger partial charge < -0.3 is 11.1 Å². The molecule has 2 atom stereocenters. The molecule has 0 bridgehead atoms. The van der Waals surface area contributed by atoms with Crippen molar-refractivity contribution in [3.63, 3.8) is 0 Å². The van der Waals surface area contributed by atoms with Gasteiger partial charge in [0.15, 0.2) is 0 Å². The molecule has 0 aliphatic heterocycles. The number of thiazole rings is 1. The second-order valence-electron chi connectivity index (χ2n) is 4.19. The van der Waals surface area contributed by atoms with Gasteiger partial charge in [0, 0.05) is 6.04 Å². The van der Waals surface area contributed by atoms with Crippen molar-refractivity contribution < 1.29 is 0 Å². The van der Waals surface area contributed by atoms with Crippen molar-refractivity contribution >= 4 is 32.9 Å². The molecule has 1 heterocycles. The smallest absolute Gasteiger partial charge is 0.106 e. The highest BCUT2D eigenvalue weighted by molar-refractivity contribution is 7.16. The van der Waals surface area contributed by atoms with Crippen molar-refractivity contribution in [2.24, 2.45) is 5.92 Å². The number of nitrogens with one attached hydrogen (secondary N) is 1. The van der Waals surface area contributed by atoms with Crippen molar-refractivity contribution in [1.29, 1.82) is 0 Å². The summed E-state index contributed by atoms with van der Waals surface area (Å²) in [5.41, 5.74) is 10.6. The largest absolute Gasteiger partial charge is 0.395 e. The standard InChI is InChI=1S/C11H13N3S/c1-6-4-8(6)14-7-2-3-9-11(10(7)12)13-5-15-9/h2-3,5-6,8,14H,4,12H2,1H3. The fourth-order valence-electron chi connectivity index (χ4n) is 1.80. The van der Waals surface area contributed by atoms with Gasteiger partial charge >= 0.3 is 0 Å². The third-order valence-electron chi connectivity index (χ3n) is 2.99. The summed E-state index contributed by atoms with van der Waals surface area (Å²) in [7, 11) is 0. The summed E-state index contributed by atoms with van der Waals surface area (Å²) in [5.74, 6) is 0.774. The van der Waals surface area contributed by atoms with E-state index in [1.807, 2.05) is 5.51 Å². The van der Waals surface area contributed by atoms with Gasteiger partial charge in [-0.2, -0.15) is 0 Å². The van der Waals surface area contributed by atoms with E-state index in [9.17, 15) is 0 Å². The summed E-state index contributed by atoms with van der Waals surface area (Å²) in [6, 6.07) is 4.74. The van der Waals surface area contributed by atoms with Crippen LogP contribution in [-0.4, -0.2) is 11.0 Å². The highest BCUT2D eigenvalue weighted by Crippen LogP contribution is 2.36. The first-order chi connectivity index (χ1) is 7.25. The Balaban J connectivity index is 1.99. The van der Waals surface area contributed by atoms with Gasteiger partial charge in [-0.15, -0.1) is 11.3 Å². The van der Waals surface area contributed by atoms with Gasteiger partial charge in [0.1, 0.15) is 5.52 Å². The molecule has 1 aliphatic rings. The highest BCUT2D eigenvalue weighted by atomic mass is 32.1. The summed E-state index contributed by atoms with van der Waals surface area (Å²) in [5, 5.41) is 3.46. The van der Waals surface area contributed by atoms with E-state index in [1.165, 1.54) is 6.42 Å². The molecule has 1 saturated carbocycles. The van der Waals surface area contributed by atoms with Gasteiger partial charge in [-0.3, -0.25) is 0 Å². The molecule has 0 saturated heterocycles. The van der Waals surface area contributed by atoms with Crippen LogP contribution in [0, 0.1) is 5.92 Å². The van der Waals surface area contributed by atoms with E-state index in [0.717, 1.165) is 27.5 Å². The minimum absolute atomic E-state index is 0.600. The van der Waals surface area contributed by atoms with Crippen LogP contribution in [0.1, 0.15) is 13.3 Å². The second kappa shape index (κ2) is 3.10. The molecule has 3 rings (SSSR count). The summed E-state index contributed by atoms with van der Waals surface area (Å²) >= 11 is 1.63. The van der Waals surface area contributed by atoms with Crippen LogP contribution in [0.4, 0.5) is 11.4 Å². The number of aromatic nitrogens is 1. The molecular weight excluding hydrogens is 206 g/mol. The van der Waals surface area contributed by atoms with Crippen LogP contribution in [0.15, 0.2) is 17.6 Å². The Morgan fingerprint density at radius 3 is 3.07 bits per heavy atom. The molecule has 0 radical (unpaired) electrons. The average Bonchev–Trinajstić information content (AvgIpc) is 2.76. The van der Waals surface area contributed by atoms with Gasteiger partial charge in [0.05, 0.1) is 21.6 Å². The lowest BCUT2D eigenvalue weighted by Gasteiger charge is -2.08. The number of nitrogens with two attached hydrogens (primary N) is 1. The van der Waals surface area contributed by atoms with Crippen molar-refractivity contribution in [2.75, 3.05) is 11.1 Å². The Kier molecular flexibility index (Phi) is 1.85. The molecule has 4 heteroatoms. The number of anilines is 2. The Morgan fingerprint density at radius 2 is 2.33 bits per heavy atom. The number of hydrogen-bond donors (Lipinski definition) is 2. The van der Waals surface area contributed by atoms with Crippen molar-refractivity contribution in [3.05, 3.63) is 17.6 Å². The maximum atomic E-state index is 6.07. The van der Waals surface area contributed by atoms with Gasteiger partial charge in [-0.05, 0) is 24.5 Å². The molecule has 0 spiro atoms. The molecule has 1 aliphatic carbocycles. The summed E-state index contributed by atoms with van der Waals surface area (Å²) in [4.78, 5) is 4.28. The van der Waals surface area contributed by atoms with E-state index < -0.39 is 0 Å². The topological polar surface area (TPSA) is 50.9 Å². The first kappa shape index (κ1) is 8.97. The van der Waals surface area contributed by atoms with Crippen LogP contribution >= 0.6 is 11.3 Å².